The number of alkyl halides is 1. The lowest BCUT2D eigenvalue weighted by atomic mass is 9.96. The molecule has 1 heterocycles. The number of anilines is 1. The molecule has 0 spiro atoms. The largest absolute Gasteiger partial charge is 0.456 e. The quantitative estimate of drug-likeness (QED) is 0.611. The van der Waals surface area contributed by atoms with Crippen molar-refractivity contribution in [3.8, 4) is 11.3 Å². The van der Waals surface area contributed by atoms with Gasteiger partial charge in [0.15, 0.2) is 0 Å². The summed E-state index contributed by atoms with van der Waals surface area (Å²) in [5.41, 5.74) is 5.70. The number of benzene rings is 1. The predicted molar refractivity (Wildman–Crippen MR) is 115 cm³/mol. The first kappa shape index (κ1) is 26.4. The van der Waals surface area contributed by atoms with Crippen LogP contribution in [0, 0.1) is 5.82 Å². The molecule has 2 aromatic rings. The third-order valence-corrected chi connectivity index (χ3v) is 4.24. The van der Waals surface area contributed by atoms with E-state index in [0.717, 1.165) is 20.0 Å². The maximum atomic E-state index is 14.1. The van der Waals surface area contributed by atoms with E-state index in [4.69, 9.17) is 20.7 Å². The minimum Gasteiger partial charge on any atom is -0.456 e. The molecule has 0 aliphatic heterocycles. The number of hydrogen-bond donors (Lipinski definition) is 3. The van der Waals surface area contributed by atoms with Gasteiger partial charge in [0.25, 0.3) is 0 Å². The van der Waals surface area contributed by atoms with E-state index < -0.39 is 29.7 Å². The normalized spacial score (nSPS) is 18.1. The summed E-state index contributed by atoms with van der Waals surface area (Å²) >= 11 is 0. The monoisotopic (exact) mass is 439 g/mol. The average molecular weight is 440 g/mol. The van der Waals surface area contributed by atoms with Crippen LogP contribution in [-0.2, 0) is 4.74 Å². The van der Waals surface area contributed by atoms with Crippen LogP contribution in [0.1, 0.15) is 56.8 Å². The maximum Gasteiger partial charge on any atom is 0.341 e. The van der Waals surface area contributed by atoms with Gasteiger partial charge in [-0.3, -0.25) is 4.98 Å². The van der Waals surface area contributed by atoms with Gasteiger partial charge in [-0.1, -0.05) is 18.9 Å². The fraction of sp³-hybridized carbons (Fsp3) is 0.500. The van der Waals surface area contributed by atoms with Crippen molar-refractivity contribution in [2.24, 2.45) is 0 Å². The highest BCUT2D eigenvalue weighted by Gasteiger charge is 2.22. The van der Waals surface area contributed by atoms with Gasteiger partial charge in [-0.25, -0.2) is 18.6 Å². The fourth-order valence-electron chi connectivity index (χ4n) is 2.80. The van der Waals surface area contributed by atoms with Crippen LogP contribution in [0.4, 0.5) is 14.6 Å². The molecule has 172 valence electrons. The number of nitrogens with two attached hydrogens (primary N) is 1. The van der Waals surface area contributed by atoms with E-state index >= 15 is 0 Å². The first-order chi connectivity index (χ1) is 14.6. The summed E-state index contributed by atoms with van der Waals surface area (Å²) in [6.07, 6.45) is 4.45. The number of halogens is 2. The molecule has 2 atom stereocenters. The smallest absolute Gasteiger partial charge is 0.341 e. The molecule has 3 rings (SSSR count). The molecule has 4 N–H and O–H groups in total. The SMILES string of the molecule is CC(C)(C)OC(=O)c1ccc(-c2nccnc2N)cc1F.CO.OC1CCCCC1F. The Morgan fingerprint density at radius 1 is 1.16 bits per heavy atom. The molecule has 1 saturated carbocycles. The Morgan fingerprint density at radius 2 is 1.77 bits per heavy atom. The van der Waals surface area contributed by atoms with Crippen LogP contribution in [-0.4, -0.2) is 51.1 Å². The second-order valence-corrected chi connectivity index (χ2v) is 7.85. The van der Waals surface area contributed by atoms with E-state index in [2.05, 4.69) is 9.97 Å². The molecule has 1 aliphatic carbocycles. The Hall–Kier alpha value is -2.65. The van der Waals surface area contributed by atoms with Gasteiger partial charge in [-0.15, -0.1) is 0 Å². The number of esters is 1. The van der Waals surface area contributed by atoms with Crippen LogP contribution in [0.5, 0.6) is 0 Å². The van der Waals surface area contributed by atoms with Crippen LogP contribution in [0.2, 0.25) is 0 Å². The Labute approximate surface area is 181 Å². The van der Waals surface area contributed by atoms with Crippen LogP contribution in [0.3, 0.4) is 0 Å². The number of aromatic nitrogens is 2. The number of carbonyl (C=O) groups is 1. The molecule has 7 nitrogen and oxygen atoms in total. The Morgan fingerprint density at radius 3 is 2.26 bits per heavy atom. The average Bonchev–Trinajstić information content (AvgIpc) is 2.71. The highest BCUT2D eigenvalue weighted by molar-refractivity contribution is 5.90. The molecule has 1 aromatic heterocycles. The van der Waals surface area contributed by atoms with Gasteiger partial charge >= 0.3 is 5.97 Å². The van der Waals surface area contributed by atoms with Crippen molar-refractivity contribution in [2.45, 2.75) is 64.3 Å². The summed E-state index contributed by atoms with van der Waals surface area (Å²) in [5.74, 6) is -1.20. The molecule has 0 bridgehead atoms. The van der Waals surface area contributed by atoms with Crippen LogP contribution in [0.25, 0.3) is 11.3 Å². The number of nitrogen functional groups attached to an aromatic ring is 1. The number of aliphatic hydroxyl groups excluding tert-OH is 2. The highest BCUT2D eigenvalue weighted by Crippen LogP contribution is 2.24. The first-order valence-electron chi connectivity index (χ1n) is 9.95. The van der Waals surface area contributed by atoms with Gasteiger partial charge in [0.05, 0.1) is 11.7 Å². The number of nitrogens with zero attached hydrogens (tertiary/aromatic N) is 2. The lowest BCUT2D eigenvalue weighted by Crippen LogP contribution is -2.25. The van der Waals surface area contributed by atoms with Crippen molar-refractivity contribution < 1.29 is 28.5 Å². The van der Waals surface area contributed by atoms with Crippen molar-refractivity contribution >= 4 is 11.8 Å². The second-order valence-electron chi connectivity index (χ2n) is 7.85. The van der Waals surface area contributed by atoms with E-state index in [-0.39, 0.29) is 11.4 Å². The van der Waals surface area contributed by atoms with Gasteiger partial charge in [0.2, 0.25) is 0 Å². The van der Waals surface area contributed by atoms with Gasteiger partial charge in [-0.2, -0.15) is 0 Å². The number of aliphatic hydroxyl groups is 2. The number of rotatable bonds is 2. The molecule has 1 fully saturated rings. The molecule has 0 radical (unpaired) electrons. The van der Waals surface area contributed by atoms with E-state index in [1.165, 1.54) is 24.5 Å². The summed E-state index contributed by atoms with van der Waals surface area (Å²) in [6, 6.07) is 4.11. The van der Waals surface area contributed by atoms with E-state index in [0.29, 0.717) is 24.1 Å². The van der Waals surface area contributed by atoms with Crippen LogP contribution >= 0.6 is 0 Å². The van der Waals surface area contributed by atoms with E-state index in [1.54, 1.807) is 26.8 Å². The Kier molecular flexibility index (Phi) is 10.4. The molecule has 1 aliphatic rings. The third-order valence-electron chi connectivity index (χ3n) is 4.24. The van der Waals surface area contributed by atoms with Crippen LogP contribution in [0.15, 0.2) is 30.6 Å². The lowest BCUT2D eigenvalue weighted by molar-refractivity contribution is 0.00647. The minimum atomic E-state index is -0.941. The van der Waals surface area contributed by atoms with Gasteiger partial charge in [0, 0.05) is 25.1 Å². The lowest BCUT2D eigenvalue weighted by Gasteiger charge is -2.20. The number of hydrogen-bond acceptors (Lipinski definition) is 7. The zero-order valence-corrected chi connectivity index (χ0v) is 18.3. The third kappa shape index (κ3) is 8.55. The predicted octanol–water partition coefficient (Wildman–Crippen LogP) is 3.69. The molecule has 1 aromatic carbocycles. The van der Waals surface area contributed by atoms with Crippen molar-refractivity contribution in [1.82, 2.24) is 9.97 Å². The van der Waals surface area contributed by atoms with Gasteiger partial charge < -0.3 is 20.7 Å². The Bertz CT molecular complexity index is 834. The van der Waals surface area contributed by atoms with E-state index in [1.807, 2.05) is 0 Å². The summed E-state index contributed by atoms with van der Waals surface area (Å²) in [5, 5.41) is 15.8. The summed E-state index contributed by atoms with van der Waals surface area (Å²) in [7, 11) is 1.00. The topological polar surface area (TPSA) is 119 Å². The maximum absolute atomic E-state index is 14.1. The molecule has 2 unspecified atom stereocenters. The standard InChI is InChI=1S/C15H16FN3O2.C6H11FO.CH4O/c1-15(2,3)21-14(20)10-5-4-9(8-11(10)16)12-13(17)19-7-6-18-12;7-5-3-1-2-4-6(5)8;1-2/h4-8H,1-3H3,(H2,17,19);5-6,8H,1-4H2;2H,1H3. The minimum absolute atomic E-state index is 0.129. The summed E-state index contributed by atoms with van der Waals surface area (Å²) in [4.78, 5) is 19.8. The zero-order chi connectivity index (χ0) is 23.6. The number of ether oxygens (including phenoxy) is 1. The van der Waals surface area contributed by atoms with Crippen molar-refractivity contribution in [3.63, 3.8) is 0 Å². The molecule has 31 heavy (non-hydrogen) atoms. The summed E-state index contributed by atoms with van der Waals surface area (Å²) < 4.78 is 31.6. The summed E-state index contributed by atoms with van der Waals surface area (Å²) in [6.45, 7) is 5.16. The first-order valence-corrected chi connectivity index (χ1v) is 9.95. The fourth-order valence-corrected chi connectivity index (χ4v) is 2.80. The molecule has 0 saturated heterocycles. The van der Waals surface area contributed by atoms with Gasteiger partial charge in [0.1, 0.15) is 29.1 Å². The van der Waals surface area contributed by atoms with E-state index in [9.17, 15) is 13.6 Å². The highest BCUT2D eigenvalue weighted by atomic mass is 19.1. The van der Waals surface area contributed by atoms with Gasteiger partial charge in [-0.05, 0) is 45.7 Å². The molecule has 9 heteroatoms. The number of carbonyl (C=O) groups excluding carboxylic acids is 1. The van der Waals surface area contributed by atoms with Crippen molar-refractivity contribution in [2.75, 3.05) is 12.8 Å². The zero-order valence-electron chi connectivity index (χ0n) is 18.3. The van der Waals surface area contributed by atoms with Crippen molar-refractivity contribution in [3.05, 3.63) is 42.0 Å². The van der Waals surface area contributed by atoms with Crippen molar-refractivity contribution in [1.29, 1.82) is 0 Å². The molecular weight excluding hydrogens is 408 g/mol. The van der Waals surface area contributed by atoms with Crippen LogP contribution < -0.4 is 5.73 Å². The molecular formula is C22H31F2N3O4. The Balaban J connectivity index is 0.000000400. The molecule has 0 amide bonds. The second kappa shape index (κ2) is 12.3.